The van der Waals surface area contributed by atoms with E-state index < -0.39 is 0 Å². The van der Waals surface area contributed by atoms with Gasteiger partial charge in [-0.1, -0.05) is 63.7 Å². The number of rotatable bonds is 9. The molecule has 156 valence electrons. The van der Waals surface area contributed by atoms with E-state index in [1.54, 1.807) is 24.3 Å². The first-order chi connectivity index (χ1) is 14.7. The zero-order chi connectivity index (χ0) is 21.2. The Kier molecular flexibility index (Phi) is 8.27. The Hall–Kier alpha value is -2.86. The van der Waals surface area contributed by atoms with Gasteiger partial charge < -0.3 is 4.74 Å². The number of esters is 1. The maximum atomic E-state index is 12.4. The largest absolute Gasteiger partial charge is 0.423 e. The lowest BCUT2D eigenvalue weighted by molar-refractivity contribution is 0.0734. The number of unbranched alkanes of at least 4 members (excludes halogenated alkanes) is 4. The second-order valence-corrected chi connectivity index (χ2v) is 8.18. The zero-order valence-electron chi connectivity index (χ0n) is 17.9. The summed E-state index contributed by atoms with van der Waals surface area (Å²) in [5.74, 6) is 0.892. The second-order valence-electron chi connectivity index (χ2n) is 8.18. The highest BCUT2D eigenvalue weighted by molar-refractivity contribution is 5.91. The molecule has 0 saturated carbocycles. The number of ether oxygens (including phenoxy) is 1. The first kappa shape index (κ1) is 21.8. The van der Waals surface area contributed by atoms with Crippen LogP contribution in [0.25, 0.3) is 5.57 Å². The fourth-order valence-corrected chi connectivity index (χ4v) is 4.03. The molecule has 3 rings (SSSR count). The predicted octanol–water partition coefficient (Wildman–Crippen LogP) is 7.32. The first-order valence-corrected chi connectivity index (χ1v) is 11.2. The predicted molar refractivity (Wildman–Crippen MR) is 121 cm³/mol. The lowest BCUT2D eigenvalue weighted by atomic mass is 9.83. The number of allylic oxidation sites excluding steroid dienone is 2. The lowest BCUT2D eigenvalue weighted by Gasteiger charge is -2.22. The SMILES string of the molecule is CCCCCCCC1CC=C(c2ccc(C(=O)Oc3ccc(C#N)cc3)cc2)CC1. The van der Waals surface area contributed by atoms with Gasteiger partial charge >= 0.3 is 5.97 Å². The minimum absolute atomic E-state index is 0.382. The van der Waals surface area contributed by atoms with Crippen LogP contribution in [-0.4, -0.2) is 5.97 Å². The molecule has 0 amide bonds. The Morgan fingerprint density at radius 3 is 2.40 bits per heavy atom. The van der Waals surface area contributed by atoms with Gasteiger partial charge in [0.1, 0.15) is 5.75 Å². The number of carbonyl (C=O) groups excluding carboxylic acids is 1. The van der Waals surface area contributed by atoms with Crippen molar-refractivity contribution >= 4 is 11.5 Å². The van der Waals surface area contributed by atoms with E-state index in [4.69, 9.17) is 10.00 Å². The van der Waals surface area contributed by atoms with Crippen molar-refractivity contribution in [1.82, 2.24) is 0 Å². The standard InChI is InChI=1S/C27H31NO2/c1-2-3-4-5-6-7-21-8-12-23(13-9-21)24-14-16-25(17-15-24)27(29)30-26-18-10-22(20-28)11-19-26/h10-12,14-19,21H,2-9,13H2,1H3. The van der Waals surface area contributed by atoms with Crippen LogP contribution in [0.15, 0.2) is 54.6 Å². The van der Waals surface area contributed by atoms with E-state index in [9.17, 15) is 4.79 Å². The van der Waals surface area contributed by atoms with E-state index in [1.165, 1.54) is 62.5 Å². The van der Waals surface area contributed by atoms with Crippen LogP contribution in [0.3, 0.4) is 0 Å². The summed E-state index contributed by atoms with van der Waals surface area (Å²) in [7, 11) is 0. The molecule has 1 atom stereocenters. The van der Waals surface area contributed by atoms with Crippen molar-refractivity contribution in [2.45, 2.75) is 64.7 Å². The molecule has 30 heavy (non-hydrogen) atoms. The molecule has 0 bridgehead atoms. The van der Waals surface area contributed by atoms with Gasteiger partial charge in [0, 0.05) is 0 Å². The van der Waals surface area contributed by atoms with Gasteiger partial charge in [-0.2, -0.15) is 5.26 Å². The van der Waals surface area contributed by atoms with Crippen LogP contribution in [0.5, 0.6) is 5.75 Å². The average Bonchev–Trinajstić information content (AvgIpc) is 2.80. The van der Waals surface area contributed by atoms with Crippen molar-refractivity contribution < 1.29 is 9.53 Å². The number of hydrogen-bond acceptors (Lipinski definition) is 3. The summed E-state index contributed by atoms with van der Waals surface area (Å²) >= 11 is 0. The molecule has 0 aliphatic heterocycles. The molecule has 2 aromatic carbocycles. The van der Waals surface area contributed by atoms with Gasteiger partial charge in [-0.3, -0.25) is 0 Å². The van der Waals surface area contributed by atoms with Gasteiger partial charge in [0.15, 0.2) is 0 Å². The molecule has 0 N–H and O–H groups in total. The van der Waals surface area contributed by atoms with Crippen LogP contribution in [0.4, 0.5) is 0 Å². The van der Waals surface area contributed by atoms with Crippen LogP contribution in [-0.2, 0) is 0 Å². The highest BCUT2D eigenvalue weighted by atomic mass is 16.5. The van der Waals surface area contributed by atoms with Crippen molar-refractivity contribution in [3.8, 4) is 11.8 Å². The summed E-state index contributed by atoms with van der Waals surface area (Å²) in [6, 6.07) is 16.3. The van der Waals surface area contributed by atoms with Gasteiger partial charge in [-0.15, -0.1) is 0 Å². The smallest absolute Gasteiger partial charge is 0.343 e. The molecule has 0 fully saturated rings. The molecule has 1 aliphatic rings. The Bertz CT molecular complexity index is 888. The molecule has 0 spiro atoms. The third-order valence-electron chi connectivity index (χ3n) is 5.92. The van der Waals surface area contributed by atoms with Crippen molar-refractivity contribution in [3.63, 3.8) is 0 Å². The fourth-order valence-electron chi connectivity index (χ4n) is 4.03. The lowest BCUT2D eigenvalue weighted by Crippen LogP contribution is -2.09. The molecular weight excluding hydrogens is 370 g/mol. The minimum atomic E-state index is -0.382. The second kappa shape index (κ2) is 11.4. The van der Waals surface area contributed by atoms with E-state index in [-0.39, 0.29) is 5.97 Å². The Morgan fingerprint density at radius 2 is 1.77 bits per heavy atom. The highest BCUT2D eigenvalue weighted by Crippen LogP contribution is 2.33. The topological polar surface area (TPSA) is 50.1 Å². The maximum absolute atomic E-state index is 12.4. The van der Waals surface area contributed by atoms with Crippen LogP contribution >= 0.6 is 0 Å². The molecule has 3 nitrogen and oxygen atoms in total. The van der Waals surface area contributed by atoms with Gasteiger partial charge in [-0.25, -0.2) is 4.79 Å². The molecule has 0 saturated heterocycles. The summed E-state index contributed by atoms with van der Waals surface area (Å²) in [5, 5.41) is 8.84. The molecule has 0 aromatic heterocycles. The van der Waals surface area contributed by atoms with Crippen LogP contribution in [0, 0.1) is 17.2 Å². The summed E-state index contributed by atoms with van der Waals surface area (Å²) < 4.78 is 5.40. The molecule has 0 heterocycles. The zero-order valence-corrected chi connectivity index (χ0v) is 17.9. The molecule has 1 unspecified atom stereocenters. The van der Waals surface area contributed by atoms with Crippen LogP contribution in [0.1, 0.15) is 86.2 Å². The number of benzene rings is 2. The summed E-state index contributed by atoms with van der Waals surface area (Å²) in [5.41, 5.74) is 3.67. The quantitative estimate of drug-likeness (QED) is 0.251. The van der Waals surface area contributed by atoms with E-state index in [1.807, 2.05) is 24.3 Å². The molecule has 3 heteroatoms. The molecule has 0 radical (unpaired) electrons. The fraction of sp³-hybridized carbons (Fsp3) is 0.407. The third-order valence-corrected chi connectivity index (χ3v) is 5.92. The Labute approximate surface area is 180 Å². The summed E-state index contributed by atoms with van der Waals surface area (Å²) in [4.78, 5) is 12.4. The summed E-state index contributed by atoms with van der Waals surface area (Å²) in [6.07, 6.45) is 14.1. The van der Waals surface area contributed by atoms with Crippen molar-refractivity contribution in [3.05, 3.63) is 71.3 Å². The number of carbonyl (C=O) groups is 1. The van der Waals surface area contributed by atoms with Crippen molar-refractivity contribution in [1.29, 1.82) is 5.26 Å². The average molecular weight is 402 g/mol. The number of hydrogen-bond donors (Lipinski definition) is 0. The van der Waals surface area contributed by atoms with Crippen molar-refractivity contribution in [2.24, 2.45) is 5.92 Å². The molecule has 1 aliphatic carbocycles. The van der Waals surface area contributed by atoms with Gasteiger partial charge in [-0.05, 0) is 72.7 Å². The van der Waals surface area contributed by atoms with E-state index in [0.29, 0.717) is 16.9 Å². The monoisotopic (exact) mass is 401 g/mol. The van der Waals surface area contributed by atoms with Crippen LogP contribution < -0.4 is 4.74 Å². The number of nitriles is 1. The number of nitrogens with zero attached hydrogens (tertiary/aromatic N) is 1. The van der Waals surface area contributed by atoms with Crippen LogP contribution in [0.2, 0.25) is 0 Å². The highest BCUT2D eigenvalue weighted by Gasteiger charge is 2.16. The third kappa shape index (κ3) is 6.32. The van der Waals surface area contributed by atoms with Gasteiger partial charge in [0.25, 0.3) is 0 Å². The normalized spacial score (nSPS) is 15.9. The molecular formula is C27H31NO2. The summed E-state index contributed by atoms with van der Waals surface area (Å²) in [6.45, 7) is 2.26. The van der Waals surface area contributed by atoms with E-state index in [0.717, 1.165) is 12.3 Å². The first-order valence-electron chi connectivity index (χ1n) is 11.2. The minimum Gasteiger partial charge on any atom is -0.423 e. The van der Waals surface area contributed by atoms with Crippen molar-refractivity contribution in [2.75, 3.05) is 0 Å². The molecule has 2 aromatic rings. The van der Waals surface area contributed by atoms with E-state index in [2.05, 4.69) is 19.1 Å². The maximum Gasteiger partial charge on any atom is 0.343 e. The van der Waals surface area contributed by atoms with Gasteiger partial charge in [0.05, 0.1) is 17.2 Å². The Balaban J connectivity index is 1.50. The Morgan fingerprint density at radius 1 is 1.03 bits per heavy atom. The van der Waals surface area contributed by atoms with Gasteiger partial charge in [0.2, 0.25) is 0 Å². The van der Waals surface area contributed by atoms with E-state index >= 15 is 0 Å².